The second kappa shape index (κ2) is 7.27. The van der Waals surface area contributed by atoms with Crippen molar-refractivity contribution in [1.82, 2.24) is 19.4 Å². The minimum Gasteiger partial charge on any atom is -0.318 e. The highest BCUT2D eigenvalue weighted by atomic mass is 32.1. The van der Waals surface area contributed by atoms with Crippen LogP contribution in [0.15, 0.2) is 35.4 Å². The minimum atomic E-state index is 0.452. The number of nitrogens with one attached hydrogen (secondary N) is 1. The first-order chi connectivity index (χ1) is 15.4. The first-order valence-corrected chi connectivity index (χ1v) is 12.3. The van der Waals surface area contributed by atoms with Crippen LogP contribution in [0.25, 0.3) is 5.69 Å². The number of H-pyrrole nitrogens is 1. The van der Waals surface area contributed by atoms with Crippen LogP contribution in [-0.4, -0.2) is 25.7 Å². The first-order valence-electron chi connectivity index (χ1n) is 11.9. The molecule has 0 spiro atoms. The van der Waals surface area contributed by atoms with Crippen LogP contribution >= 0.6 is 12.2 Å². The van der Waals surface area contributed by atoms with Crippen LogP contribution in [0.4, 0.5) is 0 Å². The molecule has 1 aromatic carbocycles. The lowest BCUT2D eigenvalue weighted by molar-refractivity contribution is -0.00518. The Kier molecular flexibility index (Phi) is 4.58. The predicted octanol–water partition coefficient (Wildman–Crippen LogP) is 6.01. The van der Waals surface area contributed by atoms with Crippen LogP contribution in [0, 0.1) is 43.3 Å². The van der Waals surface area contributed by atoms with Crippen molar-refractivity contribution >= 4 is 18.4 Å². The van der Waals surface area contributed by atoms with E-state index in [1.807, 2.05) is 13.1 Å². The summed E-state index contributed by atoms with van der Waals surface area (Å²) in [6.45, 7) is 6.20. The summed E-state index contributed by atoms with van der Waals surface area (Å²) in [5.74, 6) is 3.68. The Morgan fingerprint density at radius 2 is 1.66 bits per heavy atom. The highest BCUT2D eigenvalue weighted by Crippen LogP contribution is 2.60. The van der Waals surface area contributed by atoms with Gasteiger partial charge in [0.1, 0.15) is 5.82 Å². The predicted molar refractivity (Wildman–Crippen MR) is 130 cm³/mol. The van der Waals surface area contributed by atoms with Gasteiger partial charge < -0.3 is 4.57 Å². The summed E-state index contributed by atoms with van der Waals surface area (Å²) in [5, 5.41) is 11.4. The molecule has 0 aliphatic heterocycles. The van der Waals surface area contributed by atoms with Crippen LogP contribution in [-0.2, 0) is 5.41 Å². The maximum Gasteiger partial charge on any atom is 0.216 e. The lowest BCUT2D eigenvalue weighted by atomic mass is 9.48. The average molecular weight is 446 g/mol. The van der Waals surface area contributed by atoms with Crippen LogP contribution in [0.3, 0.4) is 0 Å². The molecule has 7 rings (SSSR count). The molecule has 0 radical (unpaired) electrons. The molecule has 32 heavy (non-hydrogen) atoms. The third-order valence-corrected chi connectivity index (χ3v) is 8.64. The molecule has 166 valence electrons. The molecule has 0 saturated heterocycles. The molecular formula is C26H31N5S. The lowest BCUT2D eigenvalue weighted by Gasteiger charge is -2.57. The summed E-state index contributed by atoms with van der Waals surface area (Å²) in [6.07, 6.45) is 10.6. The van der Waals surface area contributed by atoms with E-state index >= 15 is 0 Å². The molecule has 4 fully saturated rings. The highest BCUT2D eigenvalue weighted by Gasteiger charge is 2.51. The second-order valence-corrected chi connectivity index (χ2v) is 10.9. The molecule has 4 aliphatic carbocycles. The van der Waals surface area contributed by atoms with Crippen molar-refractivity contribution in [3.8, 4) is 5.69 Å². The summed E-state index contributed by atoms with van der Waals surface area (Å²) in [7, 11) is 0. The number of benzene rings is 1. The van der Waals surface area contributed by atoms with Crippen molar-refractivity contribution in [3.05, 3.63) is 63.4 Å². The number of aryl methyl sites for hydroxylation is 2. The molecule has 6 heteroatoms. The molecule has 2 aromatic heterocycles. The lowest BCUT2D eigenvalue weighted by Crippen LogP contribution is -2.48. The maximum absolute atomic E-state index is 5.26. The average Bonchev–Trinajstić information content (AvgIpc) is 3.22. The zero-order valence-electron chi connectivity index (χ0n) is 19.1. The van der Waals surface area contributed by atoms with E-state index in [0.717, 1.165) is 29.1 Å². The Bertz CT molecular complexity index is 1220. The van der Waals surface area contributed by atoms with Gasteiger partial charge in [-0.1, -0.05) is 12.1 Å². The molecule has 3 aromatic rings. The first kappa shape index (κ1) is 20.2. The molecule has 4 bridgehead atoms. The van der Waals surface area contributed by atoms with Crippen LogP contribution in [0.5, 0.6) is 0 Å². The highest BCUT2D eigenvalue weighted by molar-refractivity contribution is 7.71. The fraction of sp³-hybridized carbons (Fsp3) is 0.500. The Morgan fingerprint density at radius 3 is 2.22 bits per heavy atom. The van der Waals surface area contributed by atoms with Gasteiger partial charge in [-0.3, -0.25) is 5.10 Å². The summed E-state index contributed by atoms with van der Waals surface area (Å²) in [6, 6.07) is 11.7. The topological polar surface area (TPSA) is 50.9 Å². The fourth-order valence-corrected chi connectivity index (χ4v) is 7.60. The van der Waals surface area contributed by atoms with E-state index in [4.69, 9.17) is 12.2 Å². The second-order valence-electron chi connectivity index (χ2n) is 10.5. The molecule has 0 atom stereocenters. The Balaban J connectivity index is 1.30. The van der Waals surface area contributed by atoms with Gasteiger partial charge >= 0.3 is 0 Å². The summed E-state index contributed by atoms with van der Waals surface area (Å²) in [5.41, 5.74) is 6.74. The quantitative estimate of drug-likeness (QED) is 0.395. The van der Waals surface area contributed by atoms with Gasteiger partial charge in [0.05, 0.1) is 6.21 Å². The van der Waals surface area contributed by atoms with Crippen LogP contribution in [0.1, 0.15) is 66.9 Å². The number of nitrogens with zero attached hydrogens (tertiary/aromatic N) is 4. The van der Waals surface area contributed by atoms with Crippen molar-refractivity contribution in [2.45, 2.75) is 64.7 Å². The van der Waals surface area contributed by atoms with E-state index in [9.17, 15) is 0 Å². The normalized spacial score (nSPS) is 28.8. The Labute approximate surface area is 194 Å². The van der Waals surface area contributed by atoms with Crippen LogP contribution in [0.2, 0.25) is 0 Å². The van der Waals surface area contributed by atoms with Crippen molar-refractivity contribution in [2.24, 2.45) is 22.9 Å². The van der Waals surface area contributed by atoms with Crippen molar-refractivity contribution < 1.29 is 0 Å². The van der Waals surface area contributed by atoms with E-state index in [-0.39, 0.29) is 0 Å². The van der Waals surface area contributed by atoms with Gasteiger partial charge in [0.15, 0.2) is 0 Å². The van der Waals surface area contributed by atoms with E-state index in [1.54, 1.807) is 10.2 Å². The monoisotopic (exact) mass is 445 g/mol. The number of aromatic amines is 1. The molecule has 2 heterocycles. The Morgan fingerprint density at radius 1 is 1.03 bits per heavy atom. The SMILES string of the molecule is Cc1cc(/C=N\n2c(C)n[nH]c2=S)c(C)n1-c1ccc(C23CC4CC(CC(C4)C2)C3)cc1. The minimum absolute atomic E-state index is 0.452. The van der Waals surface area contributed by atoms with E-state index in [1.165, 1.54) is 55.6 Å². The number of hydrogen-bond acceptors (Lipinski definition) is 3. The molecule has 4 aliphatic rings. The number of aromatic nitrogens is 4. The third kappa shape index (κ3) is 3.14. The van der Waals surface area contributed by atoms with Crippen LogP contribution < -0.4 is 0 Å². The van der Waals surface area contributed by atoms with E-state index < -0.39 is 0 Å². The largest absolute Gasteiger partial charge is 0.318 e. The van der Waals surface area contributed by atoms with Crippen molar-refractivity contribution in [3.63, 3.8) is 0 Å². The smallest absolute Gasteiger partial charge is 0.216 e. The molecule has 1 N–H and O–H groups in total. The molecule has 0 unspecified atom stereocenters. The summed E-state index contributed by atoms with van der Waals surface area (Å²) < 4.78 is 4.49. The maximum atomic E-state index is 5.26. The van der Waals surface area contributed by atoms with E-state index in [2.05, 4.69) is 64.0 Å². The summed E-state index contributed by atoms with van der Waals surface area (Å²) in [4.78, 5) is 0. The Hall–Kier alpha value is -2.47. The van der Waals surface area contributed by atoms with Gasteiger partial charge in [-0.05, 0) is 118 Å². The van der Waals surface area contributed by atoms with Crippen molar-refractivity contribution in [1.29, 1.82) is 0 Å². The fourth-order valence-electron chi connectivity index (χ4n) is 7.37. The van der Waals surface area contributed by atoms with Gasteiger partial charge in [-0.15, -0.1) is 0 Å². The van der Waals surface area contributed by atoms with E-state index in [0.29, 0.717) is 10.2 Å². The number of hydrogen-bond donors (Lipinski definition) is 1. The summed E-state index contributed by atoms with van der Waals surface area (Å²) >= 11 is 5.26. The molecule has 4 saturated carbocycles. The third-order valence-electron chi connectivity index (χ3n) is 8.37. The van der Waals surface area contributed by atoms with Crippen molar-refractivity contribution in [2.75, 3.05) is 0 Å². The molecular weight excluding hydrogens is 414 g/mol. The zero-order valence-corrected chi connectivity index (χ0v) is 20.0. The van der Waals surface area contributed by atoms with Gasteiger partial charge in [0.2, 0.25) is 4.77 Å². The zero-order chi connectivity index (χ0) is 22.0. The molecule has 5 nitrogen and oxygen atoms in total. The standard InChI is InChI=1S/C26H31N5S/c1-16-8-22(15-27-31-18(3)28-29-25(31)32)17(2)30(16)24-6-4-23(5-7-24)26-12-19-9-20(13-26)11-21(10-19)14-26/h4-8,15,19-21H,9-14H2,1-3H3,(H,29,32)/b27-15-. The van der Waals surface area contributed by atoms with Gasteiger partial charge in [-0.2, -0.15) is 14.9 Å². The molecule has 0 amide bonds. The van der Waals surface area contributed by atoms with Gasteiger partial charge in [0, 0.05) is 22.6 Å². The number of rotatable bonds is 4. The van der Waals surface area contributed by atoms with Gasteiger partial charge in [-0.25, -0.2) is 0 Å². The van der Waals surface area contributed by atoms with Gasteiger partial charge in [0.25, 0.3) is 0 Å².